The second-order valence-corrected chi connectivity index (χ2v) is 5.07. The third kappa shape index (κ3) is 5.20. The first kappa shape index (κ1) is 17.2. The summed E-state index contributed by atoms with van der Waals surface area (Å²) in [5.74, 6) is -0.386. The summed E-state index contributed by atoms with van der Waals surface area (Å²) in [4.78, 5) is 14.1. The van der Waals surface area contributed by atoms with E-state index in [1.807, 2.05) is 24.3 Å². The van der Waals surface area contributed by atoms with Gasteiger partial charge in [-0.1, -0.05) is 42.5 Å². The van der Waals surface area contributed by atoms with Crippen molar-refractivity contribution in [1.82, 2.24) is 4.90 Å². The summed E-state index contributed by atoms with van der Waals surface area (Å²) in [6, 6.07) is 10.5. The topological polar surface area (TPSA) is 29.5 Å². The fourth-order valence-electron chi connectivity index (χ4n) is 2.40. The molecule has 0 aliphatic rings. The van der Waals surface area contributed by atoms with E-state index in [1.165, 1.54) is 12.7 Å². The van der Waals surface area contributed by atoms with Crippen LogP contribution in [0.25, 0.3) is 0 Å². The molecule has 0 aliphatic carbocycles. The largest absolute Gasteiger partial charge is 0.469 e. The molecule has 0 fully saturated rings. The van der Waals surface area contributed by atoms with Crippen LogP contribution in [0.15, 0.2) is 55.6 Å². The van der Waals surface area contributed by atoms with Crippen molar-refractivity contribution in [1.29, 1.82) is 0 Å². The summed E-state index contributed by atoms with van der Waals surface area (Å²) in [6.07, 6.45) is 4.24. The molecular formula is C18H25NO2. The molecule has 2 atom stereocenters. The Hall–Kier alpha value is -1.87. The highest BCUT2D eigenvalue weighted by atomic mass is 16.5. The third-order valence-corrected chi connectivity index (χ3v) is 3.63. The van der Waals surface area contributed by atoms with Crippen molar-refractivity contribution in [3.05, 3.63) is 61.2 Å². The second kappa shape index (κ2) is 9.14. The molecule has 1 unspecified atom stereocenters. The summed E-state index contributed by atoms with van der Waals surface area (Å²) in [5.41, 5.74) is 1.22. The van der Waals surface area contributed by atoms with Gasteiger partial charge in [0.2, 0.25) is 0 Å². The van der Waals surface area contributed by atoms with Crippen molar-refractivity contribution in [3.8, 4) is 0 Å². The van der Waals surface area contributed by atoms with Gasteiger partial charge in [-0.05, 0) is 18.9 Å². The molecule has 114 valence electrons. The monoisotopic (exact) mass is 287 g/mol. The summed E-state index contributed by atoms with van der Waals surface area (Å²) in [7, 11) is 1.43. The smallest absolute Gasteiger partial charge is 0.310 e. The zero-order chi connectivity index (χ0) is 15.7. The normalized spacial score (nSPS) is 13.5. The molecule has 0 saturated heterocycles. The van der Waals surface area contributed by atoms with E-state index in [-0.39, 0.29) is 17.9 Å². The van der Waals surface area contributed by atoms with Crippen molar-refractivity contribution in [2.75, 3.05) is 20.2 Å². The van der Waals surface area contributed by atoms with Crippen molar-refractivity contribution >= 4 is 5.97 Å². The maximum absolute atomic E-state index is 11.9. The summed E-state index contributed by atoms with van der Waals surface area (Å²) >= 11 is 0. The Labute approximate surface area is 127 Å². The van der Waals surface area contributed by atoms with E-state index >= 15 is 0 Å². The van der Waals surface area contributed by atoms with Crippen LogP contribution in [-0.4, -0.2) is 31.1 Å². The van der Waals surface area contributed by atoms with Gasteiger partial charge in [0, 0.05) is 19.1 Å². The van der Waals surface area contributed by atoms with E-state index in [2.05, 4.69) is 37.1 Å². The maximum Gasteiger partial charge on any atom is 0.310 e. The molecule has 1 rings (SSSR count). The van der Waals surface area contributed by atoms with Crippen LogP contribution < -0.4 is 0 Å². The van der Waals surface area contributed by atoms with E-state index in [0.717, 1.165) is 6.54 Å². The number of hydrogen-bond acceptors (Lipinski definition) is 3. The van der Waals surface area contributed by atoms with Crippen LogP contribution in [0.2, 0.25) is 0 Å². The van der Waals surface area contributed by atoms with E-state index in [0.29, 0.717) is 13.0 Å². The highest BCUT2D eigenvalue weighted by Crippen LogP contribution is 2.22. The SMILES string of the molecule is C=CCC(CN(CC=C)[C@H](C)c1ccccc1)C(=O)OC. The number of carbonyl (C=O) groups is 1. The van der Waals surface area contributed by atoms with Crippen LogP contribution in [0.5, 0.6) is 0 Å². The van der Waals surface area contributed by atoms with E-state index in [1.54, 1.807) is 6.08 Å². The number of benzene rings is 1. The van der Waals surface area contributed by atoms with Crippen molar-refractivity contribution in [2.45, 2.75) is 19.4 Å². The quantitative estimate of drug-likeness (QED) is 0.513. The zero-order valence-electron chi connectivity index (χ0n) is 13.0. The number of nitrogens with zero attached hydrogens (tertiary/aromatic N) is 1. The first-order chi connectivity index (χ1) is 10.1. The van der Waals surface area contributed by atoms with Gasteiger partial charge in [0.1, 0.15) is 0 Å². The van der Waals surface area contributed by atoms with Crippen LogP contribution in [0.3, 0.4) is 0 Å². The molecule has 21 heavy (non-hydrogen) atoms. The number of rotatable bonds is 9. The zero-order valence-corrected chi connectivity index (χ0v) is 13.0. The molecule has 0 saturated carbocycles. The molecule has 1 aromatic rings. The van der Waals surface area contributed by atoms with Gasteiger partial charge in [0.05, 0.1) is 13.0 Å². The number of allylic oxidation sites excluding steroid dienone is 1. The van der Waals surface area contributed by atoms with E-state index < -0.39 is 0 Å². The number of hydrogen-bond donors (Lipinski definition) is 0. The summed E-state index contributed by atoms with van der Waals surface area (Å²) < 4.78 is 4.89. The van der Waals surface area contributed by atoms with E-state index in [4.69, 9.17) is 4.74 Å². The Bertz CT molecular complexity index is 456. The predicted octanol–water partition coefficient (Wildman–Crippen LogP) is 3.60. The number of carbonyl (C=O) groups excluding carboxylic acids is 1. The van der Waals surface area contributed by atoms with Crippen LogP contribution in [0.4, 0.5) is 0 Å². The lowest BCUT2D eigenvalue weighted by atomic mass is 10.0. The number of methoxy groups -OCH3 is 1. The van der Waals surface area contributed by atoms with Gasteiger partial charge >= 0.3 is 5.97 Å². The Morgan fingerprint density at radius 3 is 2.48 bits per heavy atom. The first-order valence-corrected chi connectivity index (χ1v) is 7.22. The van der Waals surface area contributed by atoms with Gasteiger partial charge in [-0.15, -0.1) is 13.2 Å². The Morgan fingerprint density at radius 2 is 1.95 bits per heavy atom. The van der Waals surface area contributed by atoms with Crippen LogP contribution >= 0.6 is 0 Å². The predicted molar refractivity (Wildman–Crippen MR) is 86.9 cm³/mol. The third-order valence-electron chi connectivity index (χ3n) is 3.63. The first-order valence-electron chi connectivity index (χ1n) is 7.22. The fraction of sp³-hybridized carbons (Fsp3) is 0.389. The molecule has 1 aromatic carbocycles. The van der Waals surface area contributed by atoms with Gasteiger partial charge in [-0.3, -0.25) is 9.69 Å². The van der Waals surface area contributed by atoms with Crippen molar-refractivity contribution in [3.63, 3.8) is 0 Å². The van der Waals surface area contributed by atoms with Crippen LogP contribution in [-0.2, 0) is 9.53 Å². The average Bonchev–Trinajstić information content (AvgIpc) is 2.53. The Morgan fingerprint density at radius 1 is 1.29 bits per heavy atom. The Kier molecular flexibility index (Phi) is 7.48. The van der Waals surface area contributed by atoms with E-state index in [9.17, 15) is 4.79 Å². The highest BCUT2D eigenvalue weighted by molar-refractivity contribution is 5.72. The minimum atomic E-state index is -0.196. The molecule has 3 nitrogen and oxygen atoms in total. The number of esters is 1. The highest BCUT2D eigenvalue weighted by Gasteiger charge is 2.24. The standard InChI is InChI=1S/C18H25NO2/c1-5-10-17(18(20)21-4)14-19(13-6-2)15(3)16-11-8-7-9-12-16/h5-9,11-12,15,17H,1-2,10,13-14H2,3-4H3/t15-,17?/m1/s1. The van der Waals surface area contributed by atoms with Gasteiger partial charge in [0.25, 0.3) is 0 Å². The minimum absolute atomic E-state index is 0.191. The molecule has 0 aliphatic heterocycles. The van der Waals surface area contributed by atoms with Crippen LogP contribution in [0.1, 0.15) is 24.9 Å². The lowest BCUT2D eigenvalue weighted by Crippen LogP contribution is -2.35. The van der Waals surface area contributed by atoms with Gasteiger partial charge in [-0.2, -0.15) is 0 Å². The molecule has 0 spiro atoms. The number of ether oxygens (including phenoxy) is 1. The molecule has 0 bridgehead atoms. The molecule has 3 heteroatoms. The molecule has 0 N–H and O–H groups in total. The van der Waals surface area contributed by atoms with Gasteiger partial charge in [0.15, 0.2) is 0 Å². The molecule has 0 amide bonds. The van der Waals surface area contributed by atoms with Gasteiger partial charge < -0.3 is 4.74 Å². The lowest BCUT2D eigenvalue weighted by molar-refractivity contribution is -0.146. The molecule has 0 heterocycles. The summed E-state index contributed by atoms with van der Waals surface area (Å²) in [5, 5.41) is 0. The lowest BCUT2D eigenvalue weighted by Gasteiger charge is -2.31. The maximum atomic E-state index is 11.9. The van der Waals surface area contributed by atoms with Crippen molar-refractivity contribution in [2.24, 2.45) is 5.92 Å². The second-order valence-electron chi connectivity index (χ2n) is 5.07. The molecule has 0 radical (unpaired) electrons. The Balaban J connectivity index is 2.86. The fourth-order valence-corrected chi connectivity index (χ4v) is 2.40. The van der Waals surface area contributed by atoms with Crippen LogP contribution in [0, 0.1) is 5.92 Å². The summed E-state index contributed by atoms with van der Waals surface area (Å²) in [6.45, 7) is 11.0. The molecule has 0 aromatic heterocycles. The van der Waals surface area contributed by atoms with Gasteiger partial charge in [-0.25, -0.2) is 0 Å². The average molecular weight is 287 g/mol. The van der Waals surface area contributed by atoms with Crippen molar-refractivity contribution < 1.29 is 9.53 Å². The minimum Gasteiger partial charge on any atom is -0.469 e. The molecular weight excluding hydrogens is 262 g/mol.